The second kappa shape index (κ2) is 7.39. The highest BCUT2D eigenvalue weighted by atomic mass is 16.1. The van der Waals surface area contributed by atoms with Gasteiger partial charge in [0.1, 0.15) is 6.33 Å². The minimum atomic E-state index is -0.0500. The maximum Gasteiger partial charge on any atom is 0.246 e. The van der Waals surface area contributed by atoms with Gasteiger partial charge in [0, 0.05) is 17.8 Å². The highest BCUT2D eigenvalue weighted by molar-refractivity contribution is 5.91. The zero-order valence-electron chi connectivity index (χ0n) is 15.2. The summed E-state index contributed by atoms with van der Waals surface area (Å²) in [7, 11) is 0. The third kappa shape index (κ3) is 4.92. The van der Waals surface area contributed by atoms with Crippen LogP contribution in [0.1, 0.15) is 27.2 Å². The molecule has 0 saturated carbocycles. The average Bonchev–Trinajstić information content (AvgIpc) is 3.03. The largest absolute Gasteiger partial charge is 0.326 e. The molecule has 2 N–H and O–H groups in total. The lowest BCUT2D eigenvalue weighted by molar-refractivity contribution is -0.117. The third-order valence-electron chi connectivity index (χ3n) is 3.61. The van der Waals surface area contributed by atoms with Crippen LogP contribution in [0.4, 0.5) is 17.3 Å². The maximum atomic E-state index is 12.1. The minimum Gasteiger partial charge on any atom is -0.326 e. The van der Waals surface area contributed by atoms with Crippen LogP contribution in [0.2, 0.25) is 0 Å². The van der Waals surface area contributed by atoms with Crippen molar-refractivity contribution in [2.45, 2.75) is 27.2 Å². The van der Waals surface area contributed by atoms with Gasteiger partial charge >= 0.3 is 0 Å². The number of hydrogen-bond donors (Lipinski definition) is 2. The Morgan fingerprint density at radius 3 is 2.50 bits per heavy atom. The SMILES string of the molecule is CC(C)(C)CC(=O)Nc1cccc(-n2cnc(Nc3ccccc3)n2)c1. The molecule has 134 valence electrons. The fraction of sp³-hybridized carbons (Fsp3) is 0.250. The van der Waals surface area contributed by atoms with E-state index in [1.54, 1.807) is 11.0 Å². The Morgan fingerprint density at radius 2 is 1.77 bits per heavy atom. The van der Waals surface area contributed by atoms with Gasteiger partial charge in [-0.3, -0.25) is 4.79 Å². The van der Waals surface area contributed by atoms with Crippen LogP contribution in [0, 0.1) is 5.41 Å². The topological polar surface area (TPSA) is 71.8 Å². The van der Waals surface area contributed by atoms with Crippen LogP contribution in [0.3, 0.4) is 0 Å². The molecule has 0 radical (unpaired) electrons. The van der Waals surface area contributed by atoms with Crippen LogP contribution in [0.25, 0.3) is 5.69 Å². The van der Waals surface area contributed by atoms with Gasteiger partial charge in [-0.2, -0.15) is 4.98 Å². The van der Waals surface area contributed by atoms with Crippen molar-refractivity contribution in [2.75, 3.05) is 10.6 Å². The molecule has 0 fully saturated rings. The summed E-state index contributed by atoms with van der Waals surface area (Å²) < 4.78 is 1.67. The molecule has 0 spiro atoms. The van der Waals surface area contributed by atoms with Crippen LogP contribution in [-0.2, 0) is 4.79 Å². The quantitative estimate of drug-likeness (QED) is 0.717. The van der Waals surface area contributed by atoms with Crippen molar-refractivity contribution in [1.82, 2.24) is 14.8 Å². The molecule has 6 nitrogen and oxygen atoms in total. The van der Waals surface area contributed by atoms with Crippen molar-refractivity contribution in [3.05, 3.63) is 60.9 Å². The molecule has 6 heteroatoms. The molecule has 26 heavy (non-hydrogen) atoms. The summed E-state index contributed by atoms with van der Waals surface area (Å²) in [4.78, 5) is 16.4. The molecule has 0 aliphatic rings. The Labute approximate surface area is 153 Å². The van der Waals surface area contributed by atoms with E-state index in [9.17, 15) is 4.79 Å². The molecule has 0 aliphatic carbocycles. The molecule has 0 atom stereocenters. The van der Waals surface area contributed by atoms with Gasteiger partial charge in [-0.1, -0.05) is 45.0 Å². The van der Waals surface area contributed by atoms with Crippen LogP contribution in [0.5, 0.6) is 0 Å². The Balaban J connectivity index is 1.71. The Kier molecular flexibility index (Phi) is 5.02. The number of hydrogen-bond acceptors (Lipinski definition) is 4. The summed E-state index contributed by atoms with van der Waals surface area (Å²) in [5.74, 6) is 0.512. The van der Waals surface area contributed by atoms with Gasteiger partial charge in [0.2, 0.25) is 11.9 Å². The number of amides is 1. The summed E-state index contributed by atoms with van der Waals surface area (Å²) in [5, 5.41) is 10.5. The minimum absolute atomic E-state index is 0.000302. The Bertz CT molecular complexity index is 880. The highest BCUT2D eigenvalue weighted by Gasteiger charge is 2.16. The zero-order valence-corrected chi connectivity index (χ0v) is 15.2. The number of anilines is 3. The van der Waals surface area contributed by atoms with Crippen molar-refractivity contribution in [2.24, 2.45) is 5.41 Å². The second-order valence-electron chi connectivity index (χ2n) is 7.34. The molecule has 1 heterocycles. The van der Waals surface area contributed by atoms with Gasteiger partial charge in [0.15, 0.2) is 0 Å². The number of nitrogens with one attached hydrogen (secondary N) is 2. The zero-order chi connectivity index (χ0) is 18.6. The fourth-order valence-corrected chi connectivity index (χ4v) is 2.51. The van der Waals surface area contributed by atoms with Crippen molar-refractivity contribution >= 4 is 23.2 Å². The first-order valence-corrected chi connectivity index (χ1v) is 8.53. The molecule has 3 aromatic rings. The molecule has 2 aromatic carbocycles. The Hall–Kier alpha value is -3.15. The first-order chi connectivity index (χ1) is 12.4. The summed E-state index contributed by atoms with van der Waals surface area (Å²) in [6, 6.07) is 17.3. The van der Waals surface area contributed by atoms with Crippen molar-refractivity contribution in [3.8, 4) is 5.69 Å². The van der Waals surface area contributed by atoms with E-state index in [1.807, 2.05) is 75.4 Å². The van der Waals surface area contributed by atoms with Crippen LogP contribution < -0.4 is 10.6 Å². The first-order valence-electron chi connectivity index (χ1n) is 8.53. The van der Waals surface area contributed by atoms with Gasteiger partial charge in [-0.15, -0.1) is 5.10 Å². The van der Waals surface area contributed by atoms with Crippen LogP contribution in [0.15, 0.2) is 60.9 Å². The average molecular weight is 349 g/mol. The molecule has 1 amide bonds. The summed E-state index contributed by atoms with van der Waals surface area (Å²) in [6.45, 7) is 6.12. The number of benzene rings is 2. The monoisotopic (exact) mass is 349 g/mol. The van der Waals surface area contributed by atoms with Gasteiger partial charge in [0.25, 0.3) is 0 Å². The molecule has 0 unspecified atom stereocenters. The number of para-hydroxylation sites is 1. The Morgan fingerprint density at radius 1 is 1.04 bits per heavy atom. The van der Waals surface area contributed by atoms with E-state index in [1.165, 1.54) is 0 Å². The predicted octanol–water partition coefficient (Wildman–Crippen LogP) is 4.39. The van der Waals surface area contributed by atoms with Gasteiger partial charge in [-0.25, -0.2) is 4.68 Å². The molecular weight excluding hydrogens is 326 g/mol. The normalized spacial score (nSPS) is 11.2. The molecule has 3 rings (SSSR count). The lowest BCUT2D eigenvalue weighted by Gasteiger charge is -2.17. The highest BCUT2D eigenvalue weighted by Crippen LogP contribution is 2.21. The van der Waals surface area contributed by atoms with Crippen LogP contribution >= 0.6 is 0 Å². The molecular formula is C20H23N5O. The first kappa shape index (κ1) is 17.7. The maximum absolute atomic E-state index is 12.1. The number of carbonyl (C=O) groups is 1. The van der Waals surface area contributed by atoms with E-state index in [2.05, 4.69) is 20.7 Å². The number of rotatable bonds is 5. The van der Waals surface area contributed by atoms with E-state index in [0.717, 1.165) is 17.1 Å². The van der Waals surface area contributed by atoms with Crippen molar-refractivity contribution in [3.63, 3.8) is 0 Å². The van der Waals surface area contributed by atoms with Crippen molar-refractivity contribution < 1.29 is 4.79 Å². The summed E-state index contributed by atoms with van der Waals surface area (Å²) in [5.41, 5.74) is 2.44. The molecule has 0 bridgehead atoms. The second-order valence-corrected chi connectivity index (χ2v) is 7.34. The third-order valence-corrected chi connectivity index (χ3v) is 3.61. The van der Waals surface area contributed by atoms with Crippen molar-refractivity contribution in [1.29, 1.82) is 0 Å². The summed E-state index contributed by atoms with van der Waals surface area (Å²) >= 11 is 0. The van der Waals surface area contributed by atoms with E-state index in [0.29, 0.717) is 12.4 Å². The number of aromatic nitrogens is 3. The van der Waals surface area contributed by atoms with Crippen LogP contribution in [-0.4, -0.2) is 20.7 Å². The molecule has 0 aliphatic heterocycles. The number of carbonyl (C=O) groups excluding carboxylic acids is 1. The standard InChI is InChI=1S/C20H23N5O/c1-20(2,3)13-18(26)22-16-10-7-11-17(12-16)25-14-21-19(24-25)23-15-8-5-4-6-9-15/h4-12,14H,13H2,1-3H3,(H,22,26)(H,23,24). The van der Waals surface area contributed by atoms with Gasteiger partial charge < -0.3 is 10.6 Å². The van der Waals surface area contributed by atoms with Gasteiger partial charge in [-0.05, 0) is 35.7 Å². The van der Waals surface area contributed by atoms with Gasteiger partial charge in [0.05, 0.1) is 5.69 Å². The molecule has 1 aromatic heterocycles. The lowest BCUT2D eigenvalue weighted by atomic mass is 9.92. The summed E-state index contributed by atoms with van der Waals surface area (Å²) in [6.07, 6.45) is 2.10. The lowest BCUT2D eigenvalue weighted by Crippen LogP contribution is -2.19. The van der Waals surface area contributed by atoms with E-state index in [4.69, 9.17) is 0 Å². The van der Waals surface area contributed by atoms with E-state index in [-0.39, 0.29) is 11.3 Å². The molecule has 0 saturated heterocycles. The smallest absolute Gasteiger partial charge is 0.246 e. The fourth-order valence-electron chi connectivity index (χ4n) is 2.51. The van der Waals surface area contributed by atoms with E-state index >= 15 is 0 Å². The predicted molar refractivity (Wildman–Crippen MR) is 104 cm³/mol. The number of nitrogens with zero attached hydrogens (tertiary/aromatic N) is 3. The van der Waals surface area contributed by atoms with E-state index < -0.39 is 0 Å².